The highest BCUT2D eigenvalue weighted by atomic mass is 32.1. The number of rotatable bonds is 6. The van der Waals surface area contributed by atoms with E-state index in [-0.39, 0.29) is 11.9 Å². The second kappa shape index (κ2) is 6.63. The van der Waals surface area contributed by atoms with Gasteiger partial charge in [-0.2, -0.15) is 0 Å². The number of carbonyl (C=O) groups is 1. The minimum Gasteiger partial charge on any atom is -0.301 e. The van der Waals surface area contributed by atoms with Crippen LogP contribution in [0.15, 0.2) is 29.1 Å². The molecule has 2 N–H and O–H groups in total. The fourth-order valence-corrected chi connectivity index (χ4v) is 3.03. The smallest absolute Gasteiger partial charge is 0.240 e. The van der Waals surface area contributed by atoms with Crippen molar-refractivity contribution in [3.63, 3.8) is 0 Å². The summed E-state index contributed by atoms with van der Waals surface area (Å²) in [7, 11) is 0. The van der Waals surface area contributed by atoms with Crippen LogP contribution in [0.4, 0.5) is 5.13 Å². The molecule has 2 heterocycles. The van der Waals surface area contributed by atoms with Crippen molar-refractivity contribution in [3.8, 4) is 0 Å². The number of anilines is 1. The summed E-state index contributed by atoms with van der Waals surface area (Å²) in [6.45, 7) is 2.41. The summed E-state index contributed by atoms with van der Waals surface area (Å²) < 4.78 is 0. The molecular formula is C12H15N3OS2. The van der Waals surface area contributed by atoms with Crippen molar-refractivity contribution >= 4 is 33.7 Å². The first-order valence-corrected chi connectivity index (χ1v) is 7.51. The van der Waals surface area contributed by atoms with E-state index in [2.05, 4.69) is 34.0 Å². The first-order chi connectivity index (χ1) is 8.79. The van der Waals surface area contributed by atoms with Gasteiger partial charge in [0.2, 0.25) is 5.91 Å². The maximum absolute atomic E-state index is 11.7. The average Bonchev–Trinajstić information content (AvgIpc) is 3.02. The maximum atomic E-state index is 11.7. The number of amides is 1. The number of carbonyl (C=O) groups excluding carboxylic acids is 1. The summed E-state index contributed by atoms with van der Waals surface area (Å²) in [5.74, 6) is -0.0556. The van der Waals surface area contributed by atoms with Crippen molar-refractivity contribution in [1.82, 2.24) is 10.3 Å². The second-order valence-electron chi connectivity index (χ2n) is 3.74. The molecule has 0 aromatic carbocycles. The Kier molecular flexibility index (Phi) is 4.86. The number of nitrogens with one attached hydrogen (secondary N) is 2. The summed E-state index contributed by atoms with van der Waals surface area (Å²) in [6.07, 6.45) is 2.64. The van der Waals surface area contributed by atoms with E-state index in [4.69, 9.17) is 0 Å². The topological polar surface area (TPSA) is 54.0 Å². The standard InChI is InChI=1S/C12H15N3OS2/c1-2-9(10-4-3-6-17-10)14-8-11(16)15-12-13-5-7-18-12/h3-7,9,14H,2,8H2,1H3,(H,13,15,16)/t9-/m0/s1. The fourth-order valence-electron chi connectivity index (χ4n) is 1.60. The van der Waals surface area contributed by atoms with E-state index in [1.165, 1.54) is 16.2 Å². The SMILES string of the molecule is CC[C@H](NCC(=O)Nc1nccs1)c1cccs1. The van der Waals surface area contributed by atoms with Crippen LogP contribution < -0.4 is 10.6 Å². The van der Waals surface area contributed by atoms with Crippen LogP contribution in [0.25, 0.3) is 0 Å². The molecule has 0 radical (unpaired) electrons. The summed E-state index contributed by atoms with van der Waals surface area (Å²) in [5, 5.41) is 10.5. The minimum atomic E-state index is -0.0556. The van der Waals surface area contributed by atoms with E-state index in [0.717, 1.165) is 6.42 Å². The van der Waals surface area contributed by atoms with Crippen LogP contribution in [0.2, 0.25) is 0 Å². The van der Waals surface area contributed by atoms with Crippen LogP contribution in [-0.2, 0) is 4.79 Å². The quantitative estimate of drug-likeness (QED) is 0.856. The van der Waals surface area contributed by atoms with E-state index in [0.29, 0.717) is 11.7 Å². The molecule has 96 valence electrons. The predicted octanol–water partition coefficient (Wildman–Crippen LogP) is 2.88. The molecule has 18 heavy (non-hydrogen) atoms. The zero-order valence-corrected chi connectivity index (χ0v) is 11.7. The van der Waals surface area contributed by atoms with Gasteiger partial charge in [-0.15, -0.1) is 22.7 Å². The number of thiazole rings is 1. The zero-order valence-electron chi connectivity index (χ0n) is 10.1. The van der Waals surface area contributed by atoms with Crippen LogP contribution in [0, 0.1) is 0 Å². The van der Waals surface area contributed by atoms with Gasteiger partial charge < -0.3 is 10.6 Å². The Labute approximate surface area is 114 Å². The number of nitrogens with zero attached hydrogens (tertiary/aromatic N) is 1. The lowest BCUT2D eigenvalue weighted by Gasteiger charge is -2.14. The van der Waals surface area contributed by atoms with E-state index < -0.39 is 0 Å². The molecule has 2 aromatic heterocycles. The Balaban J connectivity index is 1.81. The molecule has 2 rings (SSSR count). The van der Waals surface area contributed by atoms with Gasteiger partial charge in [0, 0.05) is 22.5 Å². The molecule has 2 aromatic rings. The fraction of sp³-hybridized carbons (Fsp3) is 0.333. The van der Waals surface area contributed by atoms with Crippen molar-refractivity contribution in [3.05, 3.63) is 34.0 Å². The lowest BCUT2D eigenvalue weighted by atomic mass is 10.2. The van der Waals surface area contributed by atoms with Crippen molar-refractivity contribution in [2.45, 2.75) is 19.4 Å². The molecule has 4 nitrogen and oxygen atoms in total. The Morgan fingerprint density at radius 3 is 2.94 bits per heavy atom. The molecular weight excluding hydrogens is 266 g/mol. The van der Waals surface area contributed by atoms with Gasteiger partial charge in [0.05, 0.1) is 6.54 Å². The molecule has 0 saturated heterocycles. The lowest BCUT2D eigenvalue weighted by Crippen LogP contribution is -2.30. The van der Waals surface area contributed by atoms with Crippen LogP contribution >= 0.6 is 22.7 Å². The number of thiophene rings is 1. The summed E-state index contributed by atoms with van der Waals surface area (Å²) in [5.41, 5.74) is 0. The molecule has 1 atom stereocenters. The molecule has 0 unspecified atom stereocenters. The lowest BCUT2D eigenvalue weighted by molar-refractivity contribution is -0.115. The number of aromatic nitrogens is 1. The first-order valence-electron chi connectivity index (χ1n) is 5.75. The van der Waals surface area contributed by atoms with Gasteiger partial charge in [0.25, 0.3) is 0 Å². The molecule has 0 spiro atoms. The predicted molar refractivity (Wildman–Crippen MR) is 76.1 cm³/mol. The van der Waals surface area contributed by atoms with Crippen LogP contribution in [0.1, 0.15) is 24.3 Å². The maximum Gasteiger partial charge on any atom is 0.240 e. The third-order valence-corrected chi connectivity index (χ3v) is 4.16. The third-order valence-electron chi connectivity index (χ3n) is 2.48. The molecule has 0 bridgehead atoms. The van der Waals surface area contributed by atoms with Gasteiger partial charge in [-0.05, 0) is 17.9 Å². The molecule has 0 aliphatic heterocycles. The van der Waals surface area contributed by atoms with Crippen LogP contribution in [0.5, 0.6) is 0 Å². The van der Waals surface area contributed by atoms with E-state index in [1.54, 1.807) is 17.5 Å². The number of hydrogen-bond acceptors (Lipinski definition) is 5. The second-order valence-corrected chi connectivity index (χ2v) is 5.62. The van der Waals surface area contributed by atoms with Crippen molar-refractivity contribution in [2.24, 2.45) is 0 Å². The van der Waals surface area contributed by atoms with E-state index in [1.807, 2.05) is 11.4 Å². The first kappa shape index (κ1) is 13.2. The summed E-state index contributed by atoms with van der Waals surface area (Å²) in [6, 6.07) is 4.36. The van der Waals surface area contributed by atoms with Gasteiger partial charge in [-0.1, -0.05) is 13.0 Å². The van der Waals surface area contributed by atoms with Crippen LogP contribution in [-0.4, -0.2) is 17.4 Å². The largest absolute Gasteiger partial charge is 0.301 e. The Bertz CT molecular complexity index is 467. The monoisotopic (exact) mass is 281 g/mol. The molecule has 0 saturated carbocycles. The average molecular weight is 281 g/mol. The van der Waals surface area contributed by atoms with Gasteiger partial charge in [-0.3, -0.25) is 4.79 Å². The van der Waals surface area contributed by atoms with Gasteiger partial charge in [0.15, 0.2) is 5.13 Å². The summed E-state index contributed by atoms with van der Waals surface area (Å²) >= 11 is 3.13. The number of hydrogen-bond donors (Lipinski definition) is 2. The highest BCUT2D eigenvalue weighted by Gasteiger charge is 2.11. The van der Waals surface area contributed by atoms with Crippen molar-refractivity contribution < 1.29 is 4.79 Å². The highest BCUT2D eigenvalue weighted by Crippen LogP contribution is 2.21. The molecule has 0 fully saturated rings. The highest BCUT2D eigenvalue weighted by molar-refractivity contribution is 7.13. The Hall–Kier alpha value is -1.24. The van der Waals surface area contributed by atoms with Crippen molar-refractivity contribution in [1.29, 1.82) is 0 Å². The Morgan fingerprint density at radius 1 is 1.44 bits per heavy atom. The third kappa shape index (κ3) is 3.63. The van der Waals surface area contributed by atoms with E-state index in [9.17, 15) is 4.79 Å². The Morgan fingerprint density at radius 2 is 2.33 bits per heavy atom. The van der Waals surface area contributed by atoms with E-state index >= 15 is 0 Å². The zero-order chi connectivity index (χ0) is 12.8. The minimum absolute atomic E-state index is 0.0556. The van der Waals surface area contributed by atoms with Crippen LogP contribution in [0.3, 0.4) is 0 Å². The normalized spacial score (nSPS) is 12.3. The molecule has 6 heteroatoms. The molecule has 1 amide bonds. The summed E-state index contributed by atoms with van der Waals surface area (Å²) in [4.78, 5) is 17.0. The molecule has 0 aliphatic carbocycles. The van der Waals surface area contributed by atoms with Gasteiger partial charge in [0.1, 0.15) is 0 Å². The van der Waals surface area contributed by atoms with Crippen molar-refractivity contribution in [2.75, 3.05) is 11.9 Å². The van der Waals surface area contributed by atoms with Gasteiger partial charge >= 0.3 is 0 Å². The molecule has 0 aliphatic rings. The van der Waals surface area contributed by atoms with Gasteiger partial charge in [-0.25, -0.2) is 4.98 Å².